The van der Waals surface area contributed by atoms with Crippen LogP contribution in [-0.2, 0) is 23.2 Å². The third-order valence-electron chi connectivity index (χ3n) is 6.21. The number of nitrogens with zero attached hydrogens (tertiary/aromatic N) is 3. The van der Waals surface area contributed by atoms with Gasteiger partial charge in [0.2, 0.25) is 10.0 Å². The Bertz CT molecular complexity index is 973. The topological polar surface area (TPSA) is 55.2 Å². The zero-order valence-electron chi connectivity index (χ0n) is 16.1. The van der Waals surface area contributed by atoms with Gasteiger partial charge in [-0.2, -0.15) is 22.6 Å². The zero-order chi connectivity index (χ0) is 20.8. The van der Waals surface area contributed by atoms with Crippen molar-refractivity contribution in [2.75, 3.05) is 6.54 Å². The smallest absolute Gasteiger partial charge is 0.274 e. The van der Waals surface area contributed by atoms with E-state index in [2.05, 4.69) is 17.2 Å². The lowest BCUT2D eigenvalue weighted by molar-refractivity contribution is -0.143. The molecule has 0 N–H and O–H groups in total. The van der Waals surface area contributed by atoms with Crippen LogP contribution in [0.25, 0.3) is 0 Å². The maximum atomic E-state index is 13.4. The first-order chi connectivity index (χ1) is 13.7. The number of aryl methyl sites for hydroxylation is 1. The molecule has 4 rings (SSSR count). The summed E-state index contributed by atoms with van der Waals surface area (Å²) in [6, 6.07) is 9.73. The Kier molecular flexibility index (Phi) is 5.23. The monoisotopic (exact) mass is 427 g/mol. The first-order valence-corrected chi connectivity index (χ1v) is 11.3. The van der Waals surface area contributed by atoms with Crippen LogP contribution in [0.3, 0.4) is 0 Å². The maximum Gasteiger partial charge on any atom is 0.436 e. The highest BCUT2D eigenvalue weighted by molar-refractivity contribution is 7.89. The van der Waals surface area contributed by atoms with Crippen LogP contribution in [0, 0.1) is 5.92 Å². The Morgan fingerprint density at radius 2 is 1.76 bits per heavy atom. The molecule has 3 unspecified atom stereocenters. The summed E-state index contributed by atoms with van der Waals surface area (Å²) in [4.78, 5) is -0.741. The Hall–Kier alpha value is -1.87. The summed E-state index contributed by atoms with van der Waals surface area (Å²) in [5.74, 6) is 0.338. The van der Waals surface area contributed by atoms with Gasteiger partial charge in [0.15, 0.2) is 5.69 Å². The van der Waals surface area contributed by atoms with Crippen LogP contribution in [0.2, 0.25) is 0 Å². The summed E-state index contributed by atoms with van der Waals surface area (Å²) in [6.07, 6.45) is 0.209. The molecule has 2 fully saturated rings. The number of rotatable bonds is 3. The first-order valence-electron chi connectivity index (χ1n) is 9.87. The predicted octanol–water partition coefficient (Wildman–Crippen LogP) is 4.18. The highest BCUT2D eigenvalue weighted by atomic mass is 32.2. The molecule has 0 bridgehead atoms. The molecule has 1 saturated carbocycles. The van der Waals surface area contributed by atoms with Crippen molar-refractivity contribution in [3.63, 3.8) is 0 Å². The Morgan fingerprint density at radius 3 is 2.45 bits per heavy atom. The molecular formula is C20H24F3N3O2S. The number of hydrogen-bond donors (Lipinski definition) is 0. The molecule has 2 aliphatic rings. The normalized spacial score (nSPS) is 26.3. The van der Waals surface area contributed by atoms with Gasteiger partial charge in [-0.05, 0) is 36.7 Å². The van der Waals surface area contributed by atoms with Gasteiger partial charge in [-0.3, -0.25) is 4.68 Å². The van der Waals surface area contributed by atoms with Crippen molar-refractivity contribution < 1.29 is 21.6 Å². The Morgan fingerprint density at radius 1 is 1.07 bits per heavy atom. The summed E-state index contributed by atoms with van der Waals surface area (Å²) < 4.78 is 69.2. The van der Waals surface area contributed by atoms with E-state index in [9.17, 15) is 21.6 Å². The van der Waals surface area contributed by atoms with Gasteiger partial charge in [-0.25, -0.2) is 8.42 Å². The van der Waals surface area contributed by atoms with Gasteiger partial charge in [0.05, 0.1) is 0 Å². The standard InChI is InChI=1S/C20H24F3N3O2S/c1-25-13-18(19(24-25)20(21,22)23)29(27,28)26-12-11-15(14-7-3-2-4-8-14)16-9-5-6-10-17(16)26/h2-4,7-8,13,15-17H,5-6,9-12H2,1H3. The van der Waals surface area contributed by atoms with Crippen molar-refractivity contribution in [2.45, 2.75) is 55.1 Å². The number of piperidine rings is 1. The molecular weight excluding hydrogens is 403 g/mol. The molecule has 1 aromatic carbocycles. The first kappa shape index (κ1) is 20.4. The van der Waals surface area contributed by atoms with Gasteiger partial charge in [0.1, 0.15) is 4.90 Å². The van der Waals surface area contributed by atoms with E-state index >= 15 is 0 Å². The average molecular weight is 427 g/mol. The minimum atomic E-state index is -4.82. The zero-order valence-corrected chi connectivity index (χ0v) is 17.0. The Balaban J connectivity index is 1.71. The molecule has 1 aliphatic carbocycles. The molecule has 0 spiro atoms. The number of sulfonamides is 1. The highest BCUT2D eigenvalue weighted by Crippen LogP contribution is 2.46. The van der Waals surface area contributed by atoms with Crippen LogP contribution in [0.15, 0.2) is 41.4 Å². The quantitative estimate of drug-likeness (QED) is 0.739. The number of alkyl halides is 3. The summed E-state index contributed by atoms with van der Waals surface area (Å²) in [6.45, 7) is 0.218. The minimum Gasteiger partial charge on any atom is -0.274 e. The lowest BCUT2D eigenvalue weighted by Crippen LogP contribution is -2.52. The molecule has 1 aromatic heterocycles. The summed E-state index contributed by atoms with van der Waals surface area (Å²) in [7, 11) is -3.00. The largest absolute Gasteiger partial charge is 0.436 e. The van der Waals surface area contributed by atoms with Crippen molar-refractivity contribution in [1.82, 2.24) is 14.1 Å². The van der Waals surface area contributed by atoms with E-state index in [4.69, 9.17) is 0 Å². The van der Waals surface area contributed by atoms with E-state index in [0.29, 0.717) is 12.8 Å². The fraction of sp³-hybridized carbons (Fsp3) is 0.550. The third kappa shape index (κ3) is 3.70. The SMILES string of the molecule is Cn1cc(S(=O)(=O)N2CCC(c3ccccc3)C3CCCCC32)c(C(F)(F)F)n1. The van der Waals surface area contributed by atoms with Gasteiger partial charge >= 0.3 is 6.18 Å². The molecule has 1 aliphatic heterocycles. The molecule has 3 atom stereocenters. The van der Waals surface area contributed by atoms with Crippen LogP contribution in [0.5, 0.6) is 0 Å². The van der Waals surface area contributed by atoms with E-state index < -0.39 is 26.8 Å². The fourth-order valence-corrected chi connectivity index (χ4v) is 6.91. The number of fused-ring (bicyclic) bond motifs is 1. The molecule has 0 amide bonds. The summed E-state index contributed by atoms with van der Waals surface area (Å²) >= 11 is 0. The number of hydrogen-bond acceptors (Lipinski definition) is 3. The van der Waals surface area contributed by atoms with E-state index in [1.807, 2.05) is 18.2 Å². The molecule has 9 heteroatoms. The van der Waals surface area contributed by atoms with E-state index in [-0.39, 0.29) is 24.4 Å². The van der Waals surface area contributed by atoms with Crippen molar-refractivity contribution >= 4 is 10.0 Å². The van der Waals surface area contributed by atoms with Crippen molar-refractivity contribution in [2.24, 2.45) is 13.0 Å². The molecule has 1 saturated heterocycles. The predicted molar refractivity (Wildman–Crippen MR) is 102 cm³/mol. The van der Waals surface area contributed by atoms with Crippen LogP contribution >= 0.6 is 0 Å². The highest BCUT2D eigenvalue weighted by Gasteiger charge is 2.48. The van der Waals surface area contributed by atoms with E-state index in [1.54, 1.807) is 0 Å². The molecule has 0 radical (unpaired) electrons. The van der Waals surface area contributed by atoms with Crippen LogP contribution < -0.4 is 0 Å². The van der Waals surface area contributed by atoms with E-state index in [0.717, 1.165) is 30.1 Å². The van der Waals surface area contributed by atoms with Crippen LogP contribution in [0.1, 0.15) is 49.3 Å². The molecule has 158 valence electrons. The summed E-state index contributed by atoms with van der Waals surface area (Å²) in [5, 5.41) is 3.40. The second kappa shape index (κ2) is 7.43. The fourth-order valence-electron chi connectivity index (χ4n) is 5.00. The molecule has 2 aromatic rings. The number of aromatic nitrogens is 2. The third-order valence-corrected chi connectivity index (χ3v) is 8.13. The average Bonchev–Trinajstić information content (AvgIpc) is 3.11. The van der Waals surface area contributed by atoms with Gasteiger partial charge < -0.3 is 0 Å². The number of halogens is 3. The number of benzene rings is 1. The second-order valence-electron chi connectivity index (χ2n) is 7.95. The van der Waals surface area contributed by atoms with Crippen molar-refractivity contribution in [1.29, 1.82) is 0 Å². The van der Waals surface area contributed by atoms with Crippen molar-refractivity contribution in [3.8, 4) is 0 Å². The lowest BCUT2D eigenvalue weighted by atomic mass is 9.70. The molecule has 5 nitrogen and oxygen atoms in total. The van der Waals surface area contributed by atoms with Gasteiger partial charge in [0.25, 0.3) is 0 Å². The second-order valence-corrected chi connectivity index (χ2v) is 9.81. The minimum absolute atomic E-state index is 0.112. The van der Waals surface area contributed by atoms with Gasteiger partial charge in [-0.1, -0.05) is 43.2 Å². The van der Waals surface area contributed by atoms with Gasteiger partial charge in [0, 0.05) is 25.8 Å². The maximum absolute atomic E-state index is 13.4. The lowest BCUT2D eigenvalue weighted by Gasteiger charge is -2.47. The van der Waals surface area contributed by atoms with Crippen LogP contribution in [-0.4, -0.2) is 35.1 Å². The molecule has 29 heavy (non-hydrogen) atoms. The Labute approximate surface area is 168 Å². The van der Waals surface area contributed by atoms with Gasteiger partial charge in [-0.15, -0.1) is 0 Å². The van der Waals surface area contributed by atoms with Crippen molar-refractivity contribution in [3.05, 3.63) is 47.8 Å². The van der Waals surface area contributed by atoms with E-state index in [1.165, 1.54) is 16.9 Å². The van der Waals surface area contributed by atoms with Crippen LogP contribution in [0.4, 0.5) is 13.2 Å². The molecule has 2 heterocycles. The summed E-state index contributed by atoms with van der Waals surface area (Å²) in [5.41, 5.74) is -0.156.